The molecule has 0 spiro atoms. The van der Waals surface area contributed by atoms with Crippen LogP contribution in [0.3, 0.4) is 0 Å². The number of nitrogens with one attached hydrogen (secondary N) is 1. The van der Waals surface area contributed by atoms with Crippen LogP contribution in [-0.2, 0) is 4.74 Å². The molecular weight excluding hydrogens is 328 g/mol. The summed E-state index contributed by atoms with van der Waals surface area (Å²) >= 11 is 0. The molecule has 0 radical (unpaired) electrons. The van der Waals surface area contributed by atoms with Gasteiger partial charge in [0.05, 0.1) is 24.3 Å². The van der Waals surface area contributed by atoms with Gasteiger partial charge in [0.15, 0.2) is 0 Å². The molecule has 2 aromatic rings. The fourth-order valence-electron chi connectivity index (χ4n) is 2.96. The normalized spacial score (nSPS) is 16.0. The molecule has 1 saturated heterocycles. The van der Waals surface area contributed by atoms with Crippen molar-refractivity contribution in [1.29, 1.82) is 0 Å². The third-order valence-electron chi connectivity index (χ3n) is 4.62. The number of methoxy groups -OCH3 is 1. The SMILES string of the molecule is C=C(C)c1[nH]nc(-c2cc(N3CCN(C)CC3)ncn2)c1/C=C(\C)OC. The molecule has 3 heterocycles. The van der Waals surface area contributed by atoms with Crippen molar-refractivity contribution in [3.63, 3.8) is 0 Å². The van der Waals surface area contributed by atoms with Crippen LogP contribution in [-0.4, -0.2) is 65.4 Å². The first kappa shape index (κ1) is 18.1. The lowest BCUT2D eigenvalue weighted by atomic mass is 10.1. The lowest BCUT2D eigenvalue weighted by Crippen LogP contribution is -2.44. The number of likely N-dealkylation sites (N-methyl/N-ethyl adjacent to an activating group) is 1. The van der Waals surface area contributed by atoms with Crippen LogP contribution in [0.15, 0.2) is 24.7 Å². The van der Waals surface area contributed by atoms with Crippen molar-refractivity contribution in [2.45, 2.75) is 13.8 Å². The molecule has 2 aromatic heterocycles. The van der Waals surface area contributed by atoms with E-state index in [-0.39, 0.29) is 0 Å². The van der Waals surface area contributed by atoms with Gasteiger partial charge in [-0.1, -0.05) is 6.58 Å². The maximum Gasteiger partial charge on any atom is 0.132 e. The zero-order valence-electron chi connectivity index (χ0n) is 15.9. The standard InChI is InChI=1S/C19H26N6O/c1-13(2)18-15(10-14(3)26-5)19(23-22-18)16-11-17(21-12-20-16)25-8-6-24(4)7-9-25/h10-12H,1,6-9H2,2-5H3,(H,22,23)/b14-10+. The average Bonchev–Trinajstić information content (AvgIpc) is 3.06. The van der Waals surface area contributed by atoms with E-state index in [1.54, 1.807) is 13.4 Å². The Morgan fingerprint density at radius 2 is 1.96 bits per heavy atom. The molecule has 0 aliphatic carbocycles. The Hall–Kier alpha value is -2.67. The highest BCUT2D eigenvalue weighted by Crippen LogP contribution is 2.29. The topological polar surface area (TPSA) is 70.2 Å². The van der Waals surface area contributed by atoms with E-state index in [1.807, 2.05) is 26.0 Å². The van der Waals surface area contributed by atoms with E-state index in [1.165, 1.54) is 0 Å². The monoisotopic (exact) mass is 354 g/mol. The molecule has 1 N–H and O–H groups in total. The molecule has 138 valence electrons. The average molecular weight is 354 g/mol. The highest BCUT2D eigenvalue weighted by atomic mass is 16.5. The fraction of sp³-hybridized carbons (Fsp3) is 0.421. The summed E-state index contributed by atoms with van der Waals surface area (Å²) < 4.78 is 5.32. The maximum absolute atomic E-state index is 5.32. The van der Waals surface area contributed by atoms with E-state index in [0.717, 1.165) is 66.0 Å². The van der Waals surface area contributed by atoms with Crippen molar-refractivity contribution >= 4 is 17.5 Å². The predicted octanol–water partition coefficient (Wildman–Crippen LogP) is 2.66. The van der Waals surface area contributed by atoms with Crippen molar-refractivity contribution in [3.05, 3.63) is 36.0 Å². The third-order valence-corrected chi connectivity index (χ3v) is 4.62. The van der Waals surface area contributed by atoms with Crippen molar-refractivity contribution in [3.8, 4) is 11.4 Å². The van der Waals surface area contributed by atoms with Crippen molar-refractivity contribution in [2.24, 2.45) is 0 Å². The number of allylic oxidation sites excluding steroid dienone is 2. The largest absolute Gasteiger partial charge is 0.501 e. The van der Waals surface area contributed by atoms with Crippen LogP contribution in [0.5, 0.6) is 0 Å². The van der Waals surface area contributed by atoms with Gasteiger partial charge in [-0.2, -0.15) is 5.10 Å². The van der Waals surface area contributed by atoms with E-state index >= 15 is 0 Å². The summed E-state index contributed by atoms with van der Waals surface area (Å²) in [7, 11) is 3.80. The van der Waals surface area contributed by atoms with Crippen LogP contribution in [0.25, 0.3) is 23.0 Å². The molecule has 3 rings (SSSR count). The number of H-pyrrole nitrogens is 1. The van der Waals surface area contributed by atoms with Gasteiger partial charge in [-0.25, -0.2) is 9.97 Å². The van der Waals surface area contributed by atoms with Crippen molar-refractivity contribution in [2.75, 3.05) is 45.2 Å². The quantitative estimate of drug-likeness (QED) is 0.833. The molecule has 7 nitrogen and oxygen atoms in total. The molecule has 0 unspecified atom stereocenters. The van der Waals surface area contributed by atoms with E-state index < -0.39 is 0 Å². The fourth-order valence-corrected chi connectivity index (χ4v) is 2.96. The molecule has 7 heteroatoms. The molecule has 1 fully saturated rings. The van der Waals surface area contributed by atoms with E-state index in [0.29, 0.717) is 0 Å². The Bertz CT molecular complexity index is 817. The summed E-state index contributed by atoms with van der Waals surface area (Å²) in [4.78, 5) is 13.5. The van der Waals surface area contributed by atoms with Gasteiger partial charge in [-0.15, -0.1) is 0 Å². The highest BCUT2D eigenvalue weighted by Gasteiger charge is 2.19. The van der Waals surface area contributed by atoms with Gasteiger partial charge in [0.1, 0.15) is 17.8 Å². The van der Waals surface area contributed by atoms with Crippen LogP contribution in [0.2, 0.25) is 0 Å². The lowest BCUT2D eigenvalue weighted by molar-refractivity contribution is 0.297. The Morgan fingerprint density at radius 3 is 2.62 bits per heavy atom. The van der Waals surface area contributed by atoms with Gasteiger partial charge >= 0.3 is 0 Å². The molecule has 1 aliphatic rings. The highest BCUT2D eigenvalue weighted by molar-refractivity contribution is 5.79. The van der Waals surface area contributed by atoms with E-state index in [9.17, 15) is 0 Å². The molecule has 26 heavy (non-hydrogen) atoms. The van der Waals surface area contributed by atoms with Crippen LogP contribution >= 0.6 is 0 Å². The van der Waals surface area contributed by atoms with Crippen molar-refractivity contribution < 1.29 is 4.74 Å². The number of ether oxygens (including phenoxy) is 1. The molecule has 0 amide bonds. The van der Waals surface area contributed by atoms with E-state index in [4.69, 9.17) is 4.74 Å². The summed E-state index contributed by atoms with van der Waals surface area (Å²) in [5, 5.41) is 7.57. The number of hydrogen-bond donors (Lipinski definition) is 1. The van der Waals surface area contributed by atoms with Gasteiger partial charge < -0.3 is 14.5 Å². The number of piperazine rings is 1. The summed E-state index contributed by atoms with van der Waals surface area (Å²) in [6, 6.07) is 2.00. The lowest BCUT2D eigenvalue weighted by Gasteiger charge is -2.33. The summed E-state index contributed by atoms with van der Waals surface area (Å²) in [6.45, 7) is 11.9. The van der Waals surface area contributed by atoms with Gasteiger partial charge in [-0.3, -0.25) is 5.10 Å². The Balaban J connectivity index is 1.99. The number of hydrogen-bond acceptors (Lipinski definition) is 6. The first-order valence-corrected chi connectivity index (χ1v) is 8.72. The third kappa shape index (κ3) is 3.77. The number of aromatic amines is 1. The first-order valence-electron chi connectivity index (χ1n) is 8.72. The molecule has 1 aliphatic heterocycles. The predicted molar refractivity (Wildman–Crippen MR) is 105 cm³/mol. The van der Waals surface area contributed by atoms with Gasteiger partial charge in [0.25, 0.3) is 0 Å². The second kappa shape index (κ2) is 7.70. The van der Waals surface area contributed by atoms with Crippen molar-refractivity contribution in [1.82, 2.24) is 25.1 Å². The molecule has 0 saturated carbocycles. The second-order valence-corrected chi connectivity index (χ2v) is 6.65. The van der Waals surface area contributed by atoms with Crippen LogP contribution in [0, 0.1) is 0 Å². The van der Waals surface area contributed by atoms with Gasteiger partial charge in [-0.05, 0) is 32.5 Å². The summed E-state index contributed by atoms with van der Waals surface area (Å²) in [5.41, 5.74) is 4.29. The first-order chi connectivity index (χ1) is 12.5. The number of anilines is 1. The summed E-state index contributed by atoms with van der Waals surface area (Å²) in [5.74, 6) is 1.73. The van der Waals surface area contributed by atoms with E-state index in [2.05, 4.69) is 43.6 Å². The molecule has 0 aromatic carbocycles. The minimum atomic E-state index is 0.775. The van der Waals surface area contributed by atoms with Crippen LogP contribution in [0.1, 0.15) is 25.1 Å². The maximum atomic E-state index is 5.32. The molecule has 0 atom stereocenters. The van der Waals surface area contributed by atoms with Crippen LogP contribution < -0.4 is 4.90 Å². The second-order valence-electron chi connectivity index (χ2n) is 6.65. The number of nitrogens with zero attached hydrogens (tertiary/aromatic N) is 5. The number of aromatic nitrogens is 4. The summed E-state index contributed by atoms with van der Waals surface area (Å²) in [6.07, 6.45) is 3.56. The Labute approximate surface area is 154 Å². The molecular formula is C19H26N6O. The number of rotatable bonds is 5. The van der Waals surface area contributed by atoms with Gasteiger partial charge in [0, 0.05) is 37.8 Å². The van der Waals surface area contributed by atoms with Gasteiger partial charge in [0.2, 0.25) is 0 Å². The Kier molecular flexibility index (Phi) is 5.37. The minimum Gasteiger partial charge on any atom is -0.501 e. The van der Waals surface area contributed by atoms with Crippen LogP contribution in [0.4, 0.5) is 5.82 Å². The Morgan fingerprint density at radius 1 is 1.23 bits per heavy atom. The zero-order valence-corrected chi connectivity index (χ0v) is 15.9. The minimum absolute atomic E-state index is 0.775. The smallest absolute Gasteiger partial charge is 0.132 e. The molecule has 0 bridgehead atoms. The zero-order chi connectivity index (χ0) is 18.7.